The van der Waals surface area contributed by atoms with Crippen LogP contribution >= 0.6 is 0 Å². The van der Waals surface area contributed by atoms with E-state index in [4.69, 9.17) is 0 Å². The first-order valence-corrected chi connectivity index (χ1v) is 7.12. The Morgan fingerprint density at radius 2 is 2.15 bits per heavy atom. The van der Waals surface area contributed by atoms with Gasteiger partial charge in [0.05, 0.1) is 0 Å². The van der Waals surface area contributed by atoms with Gasteiger partial charge in [-0.3, -0.25) is 0 Å². The van der Waals surface area contributed by atoms with Gasteiger partial charge >= 0.3 is 0 Å². The fourth-order valence-electron chi connectivity index (χ4n) is 2.64. The molecule has 0 spiro atoms. The van der Waals surface area contributed by atoms with Crippen LogP contribution in [0, 0.1) is 12.8 Å². The van der Waals surface area contributed by atoms with Gasteiger partial charge < -0.3 is 4.90 Å². The van der Waals surface area contributed by atoms with E-state index in [9.17, 15) is 8.78 Å². The number of aryl methyl sites for hydroxylation is 1. The topological polar surface area (TPSA) is 3.24 Å². The van der Waals surface area contributed by atoms with Crippen LogP contribution in [-0.4, -0.2) is 23.9 Å². The zero-order valence-electron chi connectivity index (χ0n) is 11.7. The molecule has 1 fully saturated rings. The molecule has 1 saturated carbocycles. The minimum Gasteiger partial charge on any atom is -0.374 e. The molecule has 1 aromatic carbocycles. The molecule has 0 radical (unpaired) electrons. The first-order valence-electron chi connectivity index (χ1n) is 7.12. The molecule has 0 amide bonds. The second kappa shape index (κ2) is 5.04. The Labute approximate surface area is 118 Å². The Kier molecular flexibility index (Phi) is 3.36. The first kappa shape index (κ1) is 13.3. The monoisotopic (exact) mass is 275 g/mol. The van der Waals surface area contributed by atoms with E-state index >= 15 is 0 Å². The zero-order chi connectivity index (χ0) is 14.2. The Bertz CT molecular complexity index is 560. The normalized spacial score (nSPS) is 23.6. The summed E-state index contributed by atoms with van der Waals surface area (Å²) in [6.45, 7) is 3.60. The predicted molar refractivity (Wildman–Crippen MR) is 77.5 cm³/mol. The molecule has 0 N–H and O–H groups in total. The van der Waals surface area contributed by atoms with Crippen LogP contribution in [0.4, 0.5) is 8.78 Å². The molecule has 1 aliphatic heterocycles. The van der Waals surface area contributed by atoms with Crippen molar-refractivity contribution in [1.82, 2.24) is 4.90 Å². The summed E-state index contributed by atoms with van der Waals surface area (Å²) in [5, 5.41) is 0. The van der Waals surface area contributed by atoms with Crippen LogP contribution in [0.2, 0.25) is 0 Å². The second-order valence-corrected chi connectivity index (χ2v) is 5.79. The van der Waals surface area contributed by atoms with Gasteiger partial charge in [0, 0.05) is 25.4 Å². The number of hydrogen-bond acceptors (Lipinski definition) is 1. The standard InChI is InChI=1S/C17H19F2N/c1-13-3-2-4-15(11-13)14-5-8-20(9-6-14)10-7-16-12-17(16,18)19/h2-6,8,11,16H,7,9-10,12H2,1H3. The van der Waals surface area contributed by atoms with E-state index in [1.54, 1.807) is 0 Å². The Balaban J connectivity index is 1.55. The molecule has 1 aromatic rings. The average molecular weight is 275 g/mol. The van der Waals surface area contributed by atoms with Gasteiger partial charge in [0.1, 0.15) is 0 Å². The van der Waals surface area contributed by atoms with Crippen LogP contribution in [0.5, 0.6) is 0 Å². The third-order valence-corrected chi connectivity index (χ3v) is 4.08. The summed E-state index contributed by atoms with van der Waals surface area (Å²) in [7, 11) is 0. The lowest BCUT2D eigenvalue weighted by atomic mass is 10.0. The van der Waals surface area contributed by atoms with Crippen LogP contribution in [0.3, 0.4) is 0 Å². The van der Waals surface area contributed by atoms with Crippen molar-refractivity contribution in [1.29, 1.82) is 0 Å². The molecule has 2 aliphatic rings. The maximum atomic E-state index is 12.8. The Morgan fingerprint density at radius 1 is 1.35 bits per heavy atom. The van der Waals surface area contributed by atoms with Crippen molar-refractivity contribution in [3.05, 3.63) is 53.7 Å². The van der Waals surface area contributed by atoms with Gasteiger partial charge in [0.2, 0.25) is 0 Å². The average Bonchev–Trinajstić information content (AvgIpc) is 3.05. The fraction of sp³-hybridized carbons (Fsp3) is 0.412. The largest absolute Gasteiger partial charge is 0.374 e. The Morgan fingerprint density at radius 3 is 2.75 bits per heavy atom. The quantitative estimate of drug-likeness (QED) is 0.794. The van der Waals surface area contributed by atoms with Crippen LogP contribution in [-0.2, 0) is 0 Å². The smallest absolute Gasteiger partial charge is 0.251 e. The highest BCUT2D eigenvalue weighted by molar-refractivity contribution is 5.75. The van der Waals surface area contributed by atoms with Crippen molar-refractivity contribution < 1.29 is 8.78 Å². The van der Waals surface area contributed by atoms with E-state index in [2.05, 4.69) is 48.2 Å². The summed E-state index contributed by atoms with van der Waals surface area (Å²) in [5.74, 6) is -2.78. The van der Waals surface area contributed by atoms with E-state index in [0.29, 0.717) is 13.0 Å². The highest BCUT2D eigenvalue weighted by Crippen LogP contribution is 2.50. The van der Waals surface area contributed by atoms with Crippen molar-refractivity contribution in [2.75, 3.05) is 13.1 Å². The minimum atomic E-state index is -2.39. The van der Waals surface area contributed by atoms with Gasteiger partial charge in [-0.1, -0.05) is 35.9 Å². The highest BCUT2D eigenvalue weighted by atomic mass is 19.3. The van der Waals surface area contributed by atoms with Crippen LogP contribution in [0.1, 0.15) is 24.0 Å². The first-order chi connectivity index (χ1) is 9.54. The SMILES string of the molecule is Cc1cccc(C2=CCN(CCC3CC3(F)F)C=C2)c1. The van der Waals surface area contributed by atoms with Crippen LogP contribution in [0.25, 0.3) is 5.57 Å². The molecular formula is C17H19F2N. The summed E-state index contributed by atoms with van der Waals surface area (Å²) in [5.41, 5.74) is 3.67. The highest BCUT2D eigenvalue weighted by Gasteiger charge is 2.56. The maximum absolute atomic E-state index is 12.8. The lowest BCUT2D eigenvalue weighted by Crippen LogP contribution is -2.21. The molecule has 0 bridgehead atoms. The molecule has 3 heteroatoms. The van der Waals surface area contributed by atoms with Crippen LogP contribution < -0.4 is 0 Å². The molecule has 1 aliphatic carbocycles. The maximum Gasteiger partial charge on any atom is 0.251 e. The van der Waals surface area contributed by atoms with Crippen molar-refractivity contribution in [2.45, 2.75) is 25.7 Å². The van der Waals surface area contributed by atoms with E-state index in [0.717, 1.165) is 6.54 Å². The number of rotatable bonds is 4. The van der Waals surface area contributed by atoms with Crippen LogP contribution in [0.15, 0.2) is 42.6 Å². The van der Waals surface area contributed by atoms with Gasteiger partial charge in [-0.15, -0.1) is 0 Å². The van der Waals surface area contributed by atoms with Gasteiger partial charge in [-0.25, -0.2) is 8.78 Å². The summed E-state index contributed by atoms with van der Waals surface area (Å²) >= 11 is 0. The van der Waals surface area contributed by atoms with Crippen molar-refractivity contribution in [3.8, 4) is 0 Å². The van der Waals surface area contributed by atoms with E-state index < -0.39 is 11.8 Å². The van der Waals surface area contributed by atoms with Gasteiger partial charge in [0.15, 0.2) is 0 Å². The second-order valence-electron chi connectivity index (χ2n) is 5.79. The van der Waals surface area contributed by atoms with E-state index in [1.807, 2.05) is 6.20 Å². The zero-order valence-corrected chi connectivity index (χ0v) is 11.7. The molecule has 1 heterocycles. The molecule has 0 saturated heterocycles. The molecular weight excluding hydrogens is 256 g/mol. The van der Waals surface area contributed by atoms with E-state index in [1.165, 1.54) is 16.7 Å². The van der Waals surface area contributed by atoms with Gasteiger partial charge in [0.25, 0.3) is 5.92 Å². The lowest BCUT2D eigenvalue weighted by Gasteiger charge is -2.22. The predicted octanol–water partition coefficient (Wildman–Crippen LogP) is 4.25. The number of benzene rings is 1. The molecule has 106 valence electrons. The lowest BCUT2D eigenvalue weighted by molar-refractivity contribution is 0.0953. The molecule has 1 nitrogen and oxygen atoms in total. The summed E-state index contributed by atoms with van der Waals surface area (Å²) < 4.78 is 25.6. The number of hydrogen-bond donors (Lipinski definition) is 0. The van der Waals surface area contributed by atoms with Gasteiger partial charge in [-0.2, -0.15) is 0 Å². The number of alkyl halides is 2. The summed E-state index contributed by atoms with van der Waals surface area (Å²) in [6, 6.07) is 8.40. The third-order valence-electron chi connectivity index (χ3n) is 4.08. The minimum absolute atomic E-state index is 0.0783. The van der Waals surface area contributed by atoms with E-state index in [-0.39, 0.29) is 6.42 Å². The Hall–Kier alpha value is -1.64. The number of allylic oxidation sites excluding steroid dienone is 2. The van der Waals surface area contributed by atoms with Gasteiger partial charge in [-0.05, 0) is 36.8 Å². The molecule has 1 unspecified atom stereocenters. The molecule has 3 rings (SSSR count). The molecule has 20 heavy (non-hydrogen) atoms. The number of halogens is 2. The van der Waals surface area contributed by atoms with Crippen molar-refractivity contribution in [3.63, 3.8) is 0 Å². The molecule has 1 atom stereocenters. The number of nitrogens with zero attached hydrogens (tertiary/aromatic N) is 1. The van der Waals surface area contributed by atoms with Crippen molar-refractivity contribution in [2.24, 2.45) is 5.92 Å². The molecule has 0 aromatic heterocycles. The summed E-state index contributed by atoms with van der Waals surface area (Å²) in [6.07, 6.45) is 6.93. The third kappa shape index (κ3) is 2.92. The van der Waals surface area contributed by atoms with Crippen molar-refractivity contribution >= 4 is 5.57 Å². The fourth-order valence-corrected chi connectivity index (χ4v) is 2.64. The summed E-state index contributed by atoms with van der Waals surface area (Å²) in [4.78, 5) is 2.10.